The van der Waals surface area contributed by atoms with Crippen LogP contribution < -0.4 is 30.4 Å². The first kappa shape index (κ1) is 47.4. The maximum atomic E-state index is 7.12. The number of benzene rings is 8. The maximum Gasteiger partial charge on any atom is 0.264 e. The first-order chi connectivity index (χ1) is 36.3. The number of anilines is 9. The van der Waals surface area contributed by atoms with Gasteiger partial charge in [-0.05, 0) is 170 Å². The SMILES string of the molecule is CC(C)(C)c1ccc2sc3c(c2c1)N(c1ccc2c(c1)C(C)(C)CCC2(C)C)c1cc(N(c2ccccc2)c2ccccc2)cc2c1B3c1cc3c(cc1N2c1cccc2c1oc1ccccc12)C(C)(C)CCC3(C)C. The Morgan fingerprint density at radius 2 is 1.07 bits per heavy atom. The topological polar surface area (TPSA) is 22.9 Å². The lowest BCUT2D eigenvalue weighted by atomic mass is 9.35. The van der Waals surface area contributed by atoms with E-state index in [2.05, 4.69) is 255 Å². The van der Waals surface area contributed by atoms with Crippen LogP contribution in [0.3, 0.4) is 0 Å². The van der Waals surface area contributed by atoms with Crippen molar-refractivity contribution in [2.24, 2.45) is 0 Å². The van der Waals surface area contributed by atoms with Crippen LogP contribution in [0.5, 0.6) is 0 Å². The van der Waals surface area contributed by atoms with Gasteiger partial charge < -0.3 is 19.1 Å². The van der Waals surface area contributed by atoms with Crippen LogP contribution in [-0.4, -0.2) is 6.71 Å². The number of fused-ring (bicyclic) bond motifs is 11. The molecule has 0 amide bonds. The van der Waals surface area contributed by atoms with Crippen molar-refractivity contribution in [3.8, 4) is 0 Å². The van der Waals surface area contributed by atoms with Gasteiger partial charge in [-0.1, -0.05) is 161 Å². The Balaban J connectivity index is 1.17. The van der Waals surface area contributed by atoms with Crippen LogP contribution in [0.2, 0.25) is 0 Å². The molecule has 0 unspecified atom stereocenters. The third-order valence-corrected chi connectivity index (χ3v) is 19.7. The van der Waals surface area contributed by atoms with Gasteiger partial charge in [0.1, 0.15) is 5.58 Å². The minimum Gasteiger partial charge on any atom is -0.454 e. The fraction of sp³-hybridized carbons (Fsp3) is 0.286. The van der Waals surface area contributed by atoms with Crippen molar-refractivity contribution in [1.82, 2.24) is 0 Å². The van der Waals surface area contributed by atoms with Gasteiger partial charge in [-0.25, -0.2) is 0 Å². The molecule has 8 aromatic carbocycles. The van der Waals surface area contributed by atoms with E-state index in [9.17, 15) is 0 Å². The molecule has 0 radical (unpaired) electrons. The smallest absolute Gasteiger partial charge is 0.264 e. The monoisotopic (exact) mass is 1010 g/mol. The summed E-state index contributed by atoms with van der Waals surface area (Å²) in [4.78, 5) is 7.80. The van der Waals surface area contributed by atoms with E-state index in [-0.39, 0.29) is 33.8 Å². The van der Waals surface area contributed by atoms with Crippen LogP contribution in [-0.2, 0) is 27.1 Å². The standard InChI is InChI=1S/C70H68BN3OS/c1-66(2,3)43-29-32-61-50(37-43)63-65(76-61)71-55-41-53-54(70(10,11)36-35-69(53,8)9)42-57(55)74(56-27-20-26-49-48-25-18-19-28-60(48)75-64(49)56)59-40-47(72(44-21-14-12-15-22-44)45-23-16-13-17-24-45)39-58(62(59)71)73(63)46-30-31-51-52(38-46)68(6,7)34-33-67(51,4)5/h12-32,37-42H,33-36H2,1-11H3. The largest absolute Gasteiger partial charge is 0.454 e. The van der Waals surface area contributed by atoms with Crippen LogP contribution in [0.25, 0.3) is 32.0 Å². The van der Waals surface area contributed by atoms with E-state index < -0.39 is 0 Å². The summed E-state index contributed by atoms with van der Waals surface area (Å²) in [6.07, 6.45) is 4.58. The maximum absolute atomic E-state index is 7.12. The fourth-order valence-corrected chi connectivity index (χ4v) is 15.2. The number of hydrogen-bond acceptors (Lipinski definition) is 5. The number of furan rings is 1. The second-order valence-corrected chi connectivity index (χ2v) is 27.3. The van der Waals surface area contributed by atoms with Crippen molar-refractivity contribution in [1.29, 1.82) is 0 Å². The Bertz CT molecular complexity index is 3980. The number of para-hydroxylation sites is 4. The molecule has 0 N–H and O–H groups in total. The van der Waals surface area contributed by atoms with Gasteiger partial charge in [0.05, 0.1) is 17.1 Å². The second kappa shape index (κ2) is 16.3. The molecule has 4 aliphatic rings. The molecule has 2 aromatic heterocycles. The molecule has 0 atom stereocenters. The Labute approximate surface area is 454 Å². The van der Waals surface area contributed by atoms with Crippen molar-refractivity contribution >= 4 is 117 Å². The van der Waals surface area contributed by atoms with E-state index >= 15 is 0 Å². The Hall–Kier alpha value is -7.02. The highest BCUT2D eigenvalue weighted by molar-refractivity contribution is 7.33. The third kappa shape index (κ3) is 7.01. The molecule has 14 rings (SSSR count). The summed E-state index contributed by atoms with van der Waals surface area (Å²) >= 11 is 2.00. The van der Waals surface area contributed by atoms with E-state index in [4.69, 9.17) is 4.42 Å². The van der Waals surface area contributed by atoms with Gasteiger partial charge in [-0.2, -0.15) is 0 Å². The van der Waals surface area contributed by atoms with Gasteiger partial charge >= 0.3 is 0 Å². The van der Waals surface area contributed by atoms with Crippen molar-refractivity contribution in [3.63, 3.8) is 0 Å². The van der Waals surface area contributed by atoms with Gasteiger partial charge in [-0.3, -0.25) is 0 Å². The molecule has 0 bridgehead atoms. The lowest BCUT2D eigenvalue weighted by Gasteiger charge is -2.47. The first-order valence-electron chi connectivity index (χ1n) is 27.8. The van der Waals surface area contributed by atoms with Crippen LogP contribution in [0, 0.1) is 0 Å². The quantitative estimate of drug-likeness (QED) is 0.160. The fourth-order valence-electron chi connectivity index (χ4n) is 13.9. The molecular formula is C70H68BN3OS. The molecule has 6 heteroatoms. The van der Waals surface area contributed by atoms with Crippen molar-refractivity contribution < 1.29 is 4.42 Å². The number of nitrogens with zero attached hydrogens (tertiary/aromatic N) is 3. The van der Waals surface area contributed by atoms with Crippen LogP contribution in [0.4, 0.5) is 51.2 Å². The number of rotatable bonds is 5. The zero-order valence-electron chi connectivity index (χ0n) is 46.2. The molecule has 0 saturated carbocycles. The predicted octanol–water partition coefficient (Wildman–Crippen LogP) is 18.3. The summed E-state index contributed by atoms with van der Waals surface area (Å²) < 4.78 is 9.84. The van der Waals surface area contributed by atoms with E-state index in [1.54, 1.807) is 0 Å². The summed E-state index contributed by atoms with van der Waals surface area (Å²) in [5, 5.41) is 3.58. The summed E-state index contributed by atoms with van der Waals surface area (Å²) in [6.45, 7) is 26.8. The molecule has 2 aliphatic heterocycles. The highest BCUT2D eigenvalue weighted by atomic mass is 32.1. The second-order valence-electron chi connectivity index (χ2n) is 26.3. The van der Waals surface area contributed by atoms with Gasteiger partial charge in [0, 0.05) is 59.8 Å². The van der Waals surface area contributed by atoms with Crippen LogP contribution >= 0.6 is 11.3 Å². The van der Waals surface area contributed by atoms with E-state index in [1.807, 2.05) is 11.3 Å². The lowest BCUT2D eigenvalue weighted by molar-refractivity contribution is 0.332. The van der Waals surface area contributed by atoms with Crippen molar-refractivity contribution in [2.75, 3.05) is 14.7 Å². The molecule has 4 nitrogen and oxygen atoms in total. The van der Waals surface area contributed by atoms with E-state index in [0.717, 1.165) is 64.0 Å². The third-order valence-electron chi connectivity index (χ3n) is 18.5. The minimum atomic E-state index is -0.0528. The molecule has 2 aliphatic carbocycles. The van der Waals surface area contributed by atoms with Crippen molar-refractivity contribution in [2.45, 2.75) is 129 Å². The summed E-state index contributed by atoms with van der Waals surface area (Å²) in [5.41, 5.74) is 22.2. The highest BCUT2D eigenvalue weighted by Crippen LogP contribution is 2.56. The Morgan fingerprint density at radius 3 is 1.72 bits per heavy atom. The van der Waals surface area contributed by atoms with Gasteiger partial charge in [0.2, 0.25) is 0 Å². The normalized spacial score (nSPS) is 17.5. The number of hydrogen-bond donors (Lipinski definition) is 0. The molecular weight excluding hydrogens is 942 g/mol. The zero-order chi connectivity index (χ0) is 52.4. The molecule has 76 heavy (non-hydrogen) atoms. The van der Waals surface area contributed by atoms with Gasteiger partial charge in [-0.15, -0.1) is 11.3 Å². The Kier molecular flexibility index (Phi) is 10.1. The average Bonchev–Trinajstić information content (AvgIpc) is 4.06. The summed E-state index contributed by atoms with van der Waals surface area (Å²) in [6, 6.07) is 62.5. The minimum absolute atomic E-state index is 0.00267. The summed E-state index contributed by atoms with van der Waals surface area (Å²) in [7, 11) is 0. The van der Waals surface area contributed by atoms with Crippen LogP contribution in [0.1, 0.15) is 130 Å². The first-order valence-corrected chi connectivity index (χ1v) is 28.6. The molecule has 378 valence electrons. The molecule has 0 spiro atoms. The van der Waals surface area contributed by atoms with Crippen LogP contribution in [0.15, 0.2) is 168 Å². The van der Waals surface area contributed by atoms with E-state index in [1.165, 1.54) is 88.5 Å². The van der Waals surface area contributed by atoms with Gasteiger partial charge in [0.15, 0.2) is 5.58 Å². The molecule has 10 aromatic rings. The lowest BCUT2D eigenvalue weighted by Crippen LogP contribution is -2.61. The molecule has 0 fully saturated rings. The Morgan fingerprint density at radius 1 is 0.487 bits per heavy atom. The highest BCUT2D eigenvalue weighted by Gasteiger charge is 2.49. The van der Waals surface area contributed by atoms with E-state index in [0.29, 0.717) is 0 Å². The zero-order valence-corrected chi connectivity index (χ0v) is 47.0. The summed E-state index contributed by atoms with van der Waals surface area (Å²) in [5.74, 6) is 0. The van der Waals surface area contributed by atoms with Gasteiger partial charge in [0.25, 0.3) is 6.71 Å². The molecule has 4 heterocycles. The van der Waals surface area contributed by atoms with Crippen molar-refractivity contribution in [3.05, 3.63) is 192 Å². The predicted molar refractivity (Wildman–Crippen MR) is 327 cm³/mol. The number of thiophene rings is 1. The average molecular weight is 1010 g/mol. The molecule has 0 saturated heterocycles.